The van der Waals surface area contributed by atoms with Gasteiger partial charge in [0.15, 0.2) is 0 Å². The molecule has 0 aliphatic carbocycles. The lowest BCUT2D eigenvalue weighted by atomic mass is 9.88. The van der Waals surface area contributed by atoms with Gasteiger partial charge in [0.2, 0.25) is 0 Å². The molecule has 3 aromatic rings. The number of carbonyl (C=O) groups excluding carboxylic acids is 1. The summed E-state index contributed by atoms with van der Waals surface area (Å²) in [6, 6.07) is 22.2. The zero-order valence-electron chi connectivity index (χ0n) is 16.3. The van der Waals surface area contributed by atoms with Crippen LogP contribution in [0.2, 0.25) is 0 Å². The van der Waals surface area contributed by atoms with Gasteiger partial charge in [0.05, 0.1) is 29.2 Å². The van der Waals surface area contributed by atoms with Gasteiger partial charge >= 0.3 is 6.09 Å². The summed E-state index contributed by atoms with van der Waals surface area (Å²) in [5.74, 6) is 0. The first-order valence-electron chi connectivity index (χ1n) is 9.60. The molecule has 0 bridgehead atoms. The molecule has 0 saturated heterocycles. The van der Waals surface area contributed by atoms with E-state index >= 15 is 0 Å². The normalized spacial score (nSPS) is 17.2. The van der Waals surface area contributed by atoms with E-state index in [1.54, 1.807) is 11.9 Å². The highest BCUT2D eigenvalue weighted by Crippen LogP contribution is 2.39. The Morgan fingerprint density at radius 1 is 1.07 bits per heavy atom. The summed E-state index contributed by atoms with van der Waals surface area (Å²) >= 11 is 0. The Hall–Kier alpha value is -3.21. The maximum absolute atomic E-state index is 12.6. The summed E-state index contributed by atoms with van der Waals surface area (Å²) < 4.78 is 7.72. The molecule has 144 valence electrons. The van der Waals surface area contributed by atoms with Crippen LogP contribution in [0.15, 0.2) is 72.9 Å². The number of nitrogens with one attached hydrogen (secondary N) is 1. The Balaban J connectivity index is 1.53. The molecule has 0 radical (unpaired) electrons. The van der Waals surface area contributed by atoms with Crippen LogP contribution in [0.4, 0.5) is 10.5 Å². The van der Waals surface area contributed by atoms with E-state index in [-0.39, 0.29) is 18.2 Å². The van der Waals surface area contributed by atoms with Crippen LogP contribution >= 0.6 is 0 Å². The van der Waals surface area contributed by atoms with Crippen molar-refractivity contribution in [1.29, 1.82) is 0 Å². The number of carbonyl (C=O) groups is 1. The zero-order valence-corrected chi connectivity index (χ0v) is 16.3. The fourth-order valence-corrected chi connectivity index (χ4v) is 3.89. The molecule has 1 N–H and O–H groups in total. The quantitative estimate of drug-likeness (QED) is 0.698. The zero-order chi connectivity index (χ0) is 19.6. The lowest BCUT2D eigenvalue weighted by Gasteiger charge is -2.42. The molecule has 2 aromatic carbocycles. The topological polar surface area (TPSA) is 46.5 Å². The summed E-state index contributed by atoms with van der Waals surface area (Å²) in [7, 11) is 1.79. The van der Waals surface area contributed by atoms with Gasteiger partial charge in [-0.15, -0.1) is 0 Å². The minimum Gasteiger partial charge on any atom is -0.445 e. The third kappa shape index (κ3) is 3.24. The fraction of sp³-hybridized carbons (Fsp3) is 0.261. The molecular weight excluding hydrogens is 350 g/mol. The van der Waals surface area contributed by atoms with Gasteiger partial charge in [0.25, 0.3) is 0 Å². The number of hydrogen-bond acceptors (Lipinski definition) is 3. The lowest BCUT2D eigenvalue weighted by molar-refractivity contribution is 0.0970. The van der Waals surface area contributed by atoms with E-state index in [0.717, 1.165) is 29.1 Å². The fourth-order valence-electron chi connectivity index (χ4n) is 3.89. The molecular formula is C23H25N3O2. The van der Waals surface area contributed by atoms with Crippen molar-refractivity contribution in [2.75, 3.05) is 18.9 Å². The summed E-state index contributed by atoms with van der Waals surface area (Å²) in [6.45, 7) is 2.92. The molecule has 1 aliphatic rings. The first kappa shape index (κ1) is 18.2. The van der Waals surface area contributed by atoms with Gasteiger partial charge in [-0.2, -0.15) is 0 Å². The number of hydrogen-bond donors (Lipinski definition) is 1. The van der Waals surface area contributed by atoms with Crippen LogP contribution in [-0.2, 0) is 16.9 Å². The first-order chi connectivity index (χ1) is 13.6. The monoisotopic (exact) mass is 375 g/mol. The van der Waals surface area contributed by atoms with Crippen LogP contribution in [0.3, 0.4) is 0 Å². The van der Waals surface area contributed by atoms with Crippen LogP contribution in [-0.4, -0.2) is 29.2 Å². The number of ether oxygens (including phenoxy) is 1. The predicted molar refractivity (Wildman–Crippen MR) is 111 cm³/mol. The highest BCUT2D eigenvalue weighted by Gasteiger charge is 2.39. The van der Waals surface area contributed by atoms with Crippen LogP contribution in [0.1, 0.15) is 24.6 Å². The van der Waals surface area contributed by atoms with Crippen molar-refractivity contribution in [1.82, 2.24) is 9.47 Å². The van der Waals surface area contributed by atoms with Crippen LogP contribution in [0.5, 0.6) is 0 Å². The van der Waals surface area contributed by atoms with Crippen molar-refractivity contribution in [3.8, 4) is 5.69 Å². The Kier molecular flexibility index (Phi) is 4.82. The molecule has 5 nitrogen and oxygen atoms in total. The number of aromatic nitrogens is 1. The van der Waals surface area contributed by atoms with Gasteiger partial charge in [-0.1, -0.05) is 49.4 Å². The summed E-state index contributed by atoms with van der Waals surface area (Å²) in [4.78, 5) is 14.3. The van der Waals surface area contributed by atoms with E-state index < -0.39 is 0 Å². The molecule has 1 unspecified atom stereocenters. The Morgan fingerprint density at radius 3 is 2.61 bits per heavy atom. The predicted octanol–water partition coefficient (Wildman–Crippen LogP) is 4.78. The SMILES string of the molecule is CCC1(CN(C)C(=O)OCc2ccccc2)Nc2ccccc2-n2cccc21. The molecule has 1 amide bonds. The molecule has 1 atom stereocenters. The van der Waals surface area contributed by atoms with Crippen molar-refractivity contribution in [2.45, 2.75) is 25.5 Å². The van der Waals surface area contributed by atoms with Gasteiger partial charge in [-0.3, -0.25) is 0 Å². The van der Waals surface area contributed by atoms with Gasteiger partial charge in [-0.25, -0.2) is 4.79 Å². The second kappa shape index (κ2) is 7.43. The molecule has 5 heteroatoms. The van der Waals surface area contributed by atoms with Crippen molar-refractivity contribution >= 4 is 11.8 Å². The third-order valence-corrected chi connectivity index (χ3v) is 5.40. The summed E-state index contributed by atoms with van der Waals surface area (Å²) in [5.41, 5.74) is 3.95. The first-order valence-corrected chi connectivity index (χ1v) is 9.60. The Labute approximate surface area is 165 Å². The summed E-state index contributed by atoms with van der Waals surface area (Å²) in [5, 5.41) is 3.69. The Morgan fingerprint density at radius 2 is 1.82 bits per heavy atom. The molecule has 2 heterocycles. The number of nitrogens with zero attached hydrogens (tertiary/aromatic N) is 2. The molecule has 1 aromatic heterocycles. The number of rotatable bonds is 5. The standard InChI is InChI=1S/C23H25N3O2/c1-3-23(17-25(2)22(27)28-16-18-10-5-4-6-11-18)21-14-9-15-26(21)20-13-8-7-12-19(20)24-23/h4-15,24H,3,16-17H2,1-2H3. The van der Waals surface area contributed by atoms with E-state index in [1.165, 1.54) is 0 Å². The van der Waals surface area contributed by atoms with Gasteiger partial charge in [0, 0.05) is 13.2 Å². The summed E-state index contributed by atoms with van der Waals surface area (Å²) in [6.07, 6.45) is 2.59. The van der Waals surface area contributed by atoms with E-state index in [2.05, 4.69) is 47.3 Å². The minimum atomic E-state index is -0.377. The van der Waals surface area contributed by atoms with Gasteiger partial charge in [-0.05, 0) is 36.2 Å². The molecule has 0 spiro atoms. The lowest BCUT2D eigenvalue weighted by Crippen LogP contribution is -2.49. The Bertz CT molecular complexity index is 967. The maximum atomic E-state index is 12.6. The average molecular weight is 375 g/mol. The van der Waals surface area contributed by atoms with E-state index in [4.69, 9.17) is 4.74 Å². The molecule has 4 rings (SSSR count). The molecule has 0 saturated carbocycles. The van der Waals surface area contributed by atoms with E-state index in [1.807, 2.05) is 42.5 Å². The third-order valence-electron chi connectivity index (χ3n) is 5.40. The van der Waals surface area contributed by atoms with Crippen LogP contribution in [0.25, 0.3) is 5.69 Å². The molecule has 0 fully saturated rings. The number of benzene rings is 2. The van der Waals surface area contributed by atoms with Crippen molar-refractivity contribution in [3.05, 3.63) is 84.2 Å². The second-order valence-electron chi connectivity index (χ2n) is 7.24. The number of anilines is 1. The molecule has 28 heavy (non-hydrogen) atoms. The largest absolute Gasteiger partial charge is 0.445 e. The highest BCUT2D eigenvalue weighted by atomic mass is 16.6. The number of fused-ring (bicyclic) bond motifs is 3. The van der Waals surface area contributed by atoms with Crippen molar-refractivity contribution in [2.24, 2.45) is 0 Å². The minimum absolute atomic E-state index is 0.274. The van der Waals surface area contributed by atoms with E-state index in [0.29, 0.717) is 6.54 Å². The van der Waals surface area contributed by atoms with E-state index in [9.17, 15) is 4.79 Å². The van der Waals surface area contributed by atoms with Gasteiger partial charge < -0.3 is 19.5 Å². The smallest absolute Gasteiger partial charge is 0.409 e. The van der Waals surface area contributed by atoms with Crippen molar-refractivity contribution in [3.63, 3.8) is 0 Å². The van der Waals surface area contributed by atoms with Crippen LogP contribution < -0.4 is 5.32 Å². The molecule has 1 aliphatic heterocycles. The van der Waals surface area contributed by atoms with Gasteiger partial charge in [0.1, 0.15) is 6.61 Å². The average Bonchev–Trinajstić information content (AvgIpc) is 3.24. The maximum Gasteiger partial charge on any atom is 0.409 e. The highest BCUT2D eigenvalue weighted by molar-refractivity contribution is 5.69. The van der Waals surface area contributed by atoms with Crippen molar-refractivity contribution < 1.29 is 9.53 Å². The number of likely N-dealkylation sites (N-methyl/N-ethyl adjacent to an activating group) is 1. The second-order valence-corrected chi connectivity index (χ2v) is 7.24. The number of amides is 1. The number of para-hydroxylation sites is 2. The van der Waals surface area contributed by atoms with Crippen LogP contribution in [0, 0.1) is 0 Å².